The average Bonchev–Trinajstić information content (AvgIpc) is 3.09. The SMILES string of the molecule is CC(=O)NCCN(Cc1ccsc1)Cc1ccc(CN)s1. The predicted octanol–water partition coefficient (Wildman–Crippen LogP) is 2.41. The van der Waals surface area contributed by atoms with E-state index in [0.29, 0.717) is 13.1 Å². The van der Waals surface area contributed by atoms with E-state index in [-0.39, 0.29) is 5.91 Å². The van der Waals surface area contributed by atoms with E-state index in [1.807, 2.05) is 0 Å². The zero-order valence-corrected chi connectivity index (χ0v) is 13.8. The van der Waals surface area contributed by atoms with Gasteiger partial charge in [0.1, 0.15) is 0 Å². The third-order valence-electron chi connectivity index (χ3n) is 3.09. The van der Waals surface area contributed by atoms with Crippen molar-refractivity contribution in [1.82, 2.24) is 10.2 Å². The average molecular weight is 323 g/mol. The Hall–Kier alpha value is -1.21. The quantitative estimate of drug-likeness (QED) is 0.784. The van der Waals surface area contributed by atoms with Gasteiger partial charge in [0, 0.05) is 49.4 Å². The van der Waals surface area contributed by atoms with Gasteiger partial charge in [0.15, 0.2) is 0 Å². The molecule has 114 valence electrons. The first kappa shape index (κ1) is 16.2. The second-order valence-electron chi connectivity index (χ2n) is 4.90. The van der Waals surface area contributed by atoms with Gasteiger partial charge in [-0.3, -0.25) is 9.69 Å². The lowest BCUT2D eigenvalue weighted by atomic mass is 10.3. The number of rotatable bonds is 8. The minimum atomic E-state index is 0.0204. The van der Waals surface area contributed by atoms with Gasteiger partial charge < -0.3 is 11.1 Å². The van der Waals surface area contributed by atoms with Crippen molar-refractivity contribution in [3.05, 3.63) is 44.3 Å². The highest BCUT2D eigenvalue weighted by atomic mass is 32.1. The molecule has 0 bridgehead atoms. The van der Waals surface area contributed by atoms with Gasteiger partial charge in [-0.1, -0.05) is 0 Å². The van der Waals surface area contributed by atoms with Gasteiger partial charge in [0.05, 0.1) is 0 Å². The molecule has 3 N–H and O–H groups in total. The summed E-state index contributed by atoms with van der Waals surface area (Å²) in [5, 5.41) is 7.13. The first-order chi connectivity index (χ1) is 10.2. The van der Waals surface area contributed by atoms with Gasteiger partial charge in [0.2, 0.25) is 5.91 Å². The highest BCUT2D eigenvalue weighted by Gasteiger charge is 2.09. The van der Waals surface area contributed by atoms with Gasteiger partial charge in [-0.15, -0.1) is 11.3 Å². The smallest absolute Gasteiger partial charge is 0.216 e. The van der Waals surface area contributed by atoms with Crippen LogP contribution in [0.5, 0.6) is 0 Å². The Morgan fingerprint density at radius 3 is 2.71 bits per heavy atom. The Morgan fingerprint density at radius 2 is 2.10 bits per heavy atom. The molecule has 1 amide bonds. The number of hydrogen-bond acceptors (Lipinski definition) is 5. The van der Waals surface area contributed by atoms with Crippen LogP contribution in [0, 0.1) is 0 Å². The van der Waals surface area contributed by atoms with Crippen LogP contribution in [0.15, 0.2) is 29.0 Å². The minimum absolute atomic E-state index is 0.0204. The maximum absolute atomic E-state index is 11.0. The molecule has 6 heteroatoms. The van der Waals surface area contributed by atoms with Crippen LogP contribution in [-0.2, 0) is 24.4 Å². The summed E-state index contributed by atoms with van der Waals surface area (Å²) < 4.78 is 0. The normalized spacial score (nSPS) is 11.0. The summed E-state index contributed by atoms with van der Waals surface area (Å²) in [6, 6.07) is 6.39. The van der Waals surface area contributed by atoms with Crippen molar-refractivity contribution in [3.63, 3.8) is 0 Å². The van der Waals surface area contributed by atoms with Crippen LogP contribution in [0.3, 0.4) is 0 Å². The van der Waals surface area contributed by atoms with Gasteiger partial charge in [-0.25, -0.2) is 0 Å². The molecule has 2 aromatic rings. The number of nitrogens with two attached hydrogens (primary N) is 1. The van der Waals surface area contributed by atoms with E-state index in [9.17, 15) is 4.79 Å². The van der Waals surface area contributed by atoms with Gasteiger partial charge in [-0.05, 0) is 34.5 Å². The van der Waals surface area contributed by atoms with E-state index in [2.05, 4.69) is 39.2 Å². The zero-order chi connectivity index (χ0) is 15.1. The Labute approximate surface area is 133 Å². The van der Waals surface area contributed by atoms with Crippen LogP contribution in [0.25, 0.3) is 0 Å². The lowest BCUT2D eigenvalue weighted by molar-refractivity contribution is -0.119. The molecule has 0 fully saturated rings. The molecular weight excluding hydrogens is 302 g/mol. The summed E-state index contributed by atoms with van der Waals surface area (Å²) in [5.41, 5.74) is 6.99. The van der Waals surface area contributed by atoms with Crippen molar-refractivity contribution in [3.8, 4) is 0 Å². The summed E-state index contributed by atoms with van der Waals surface area (Å²) in [6.07, 6.45) is 0. The fraction of sp³-hybridized carbons (Fsp3) is 0.400. The Balaban J connectivity index is 1.94. The third kappa shape index (κ3) is 5.59. The molecule has 2 aromatic heterocycles. The number of hydrogen-bond donors (Lipinski definition) is 2. The molecule has 0 aliphatic rings. The number of carbonyl (C=O) groups is 1. The van der Waals surface area contributed by atoms with Gasteiger partial charge in [-0.2, -0.15) is 11.3 Å². The van der Waals surface area contributed by atoms with Crippen LogP contribution in [0.2, 0.25) is 0 Å². The third-order valence-corrected chi connectivity index (χ3v) is 4.91. The lowest BCUT2D eigenvalue weighted by Gasteiger charge is -2.21. The summed E-state index contributed by atoms with van der Waals surface area (Å²) >= 11 is 3.48. The molecule has 0 radical (unpaired) electrons. The summed E-state index contributed by atoms with van der Waals surface area (Å²) in [6.45, 7) is 5.45. The zero-order valence-electron chi connectivity index (χ0n) is 12.2. The molecule has 0 saturated carbocycles. The maximum atomic E-state index is 11.0. The van der Waals surface area contributed by atoms with E-state index in [1.165, 1.54) is 15.3 Å². The first-order valence-corrected chi connectivity index (χ1v) is 8.69. The van der Waals surface area contributed by atoms with E-state index in [1.54, 1.807) is 29.6 Å². The summed E-state index contributed by atoms with van der Waals surface area (Å²) in [5.74, 6) is 0.0204. The molecule has 0 unspecified atom stereocenters. The molecule has 0 saturated heterocycles. The number of amides is 1. The van der Waals surface area contributed by atoms with Crippen LogP contribution in [0.1, 0.15) is 22.2 Å². The lowest BCUT2D eigenvalue weighted by Crippen LogP contribution is -2.33. The topological polar surface area (TPSA) is 58.4 Å². The number of nitrogens with zero attached hydrogens (tertiary/aromatic N) is 1. The summed E-state index contributed by atoms with van der Waals surface area (Å²) in [7, 11) is 0. The van der Waals surface area contributed by atoms with Crippen molar-refractivity contribution in [2.24, 2.45) is 5.73 Å². The van der Waals surface area contributed by atoms with Gasteiger partial charge in [0.25, 0.3) is 0 Å². The number of thiophene rings is 2. The van der Waals surface area contributed by atoms with Gasteiger partial charge >= 0.3 is 0 Å². The fourth-order valence-electron chi connectivity index (χ4n) is 2.08. The Morgan fingerprint density at radius 1 is 1.29 bits per heavy atom. The molecule has 0 spiro atoms. The highest BCUT2D eigenvalue weighted by molar-refractivity contribution is 7.11. The first-order valence-electron chi connectivity index (χ1n) is 6.93. The van der Waals surface area contributed by atoms with Crippen LogP contribution >= 0.6 is 22.7 Å². The Kier molecular flexibility index (Phi) is 6.38. The monoisotopic (exact) mass is 323 g/mol. The molecule has 4 nitrogen and oxygen atoms in total. The van der Waals surface area contributed by atoms with E-state index >= 15 is 0 Å². The molecule has 0 aliphatic heterocycles. The molecule has 21 heavy (non-hydrogen) atoms. The number of carbonyl (C=O) groups excluding carboxylic acids is 1. The minimum Gasteiger partial charge on any atom is -0.355 e. The Bertz CT molecular complexity index is 551. The van der Waals surface area contributed by atoms with Crippen molar-refractivity contribution in [2.45, 2.75) is 26.6 Å². The molecule has 0 aliphatic carbocycles. The largest absolute Gasteiger partial charge is 0.355 e. The van der Waals surface area contributed by atoms with Crippen LogP contribution < -0.4 is 11.1 Å². The highest BCUT2D eigenvalue weighted by Crippen LogP contribution is 2.19. The van der Waals surface area contributed by atoms with Crippen molar-refractivity contribution in [1.29, 1.82) is 0 Å². The molecular formula is C15H21N3OS2. The van der Waals surface area contributed by atoms with Crippen molar-refractivity contribution < 1.29 is 4.79 Å². The molecule has 2 rings (SSSR count). The van der Waals surface area contributed by atoms with Crippen LogP contribution in [0.4, 0.5) is 0 Å². The van der Waals surface area contributed by atoms with Crippen molar-refractivity contribution >= 4 is 28.6 Å². The second kappa shape index (κ2) is 8.29. The van der Waals surface area contributed by atoms with E-state index in [4.69, 9.17) is 5.73 Å². The standard InChI is InChI=1S/C15H21N3OS2/c1-12(19)17-5-6-18(9-13-4-7-20-11-13)10-15-3-2-14(8-16)21-15/h2-4,7,11H,5-6,8-10,16H2,1H3,(H,17,19). The van der Waals surface area contributed by atoms with Crippen molar-refractivity contribution in [2.75, 3.05) is 13.1 Å². The fourth-order valence-corrected chi connectivity index (χ4v) is 3.68. The van der Waals surface area contributed by atoms with E-state index < -0.39 is 0 Å². The van der Waals surface area contributed by atoms with Crippen LogP contribution in [-0.4, -0.2) is 23.9 Å². The number of nitrogens with one attached hydrogen (secondary N) is 1. The molecule has 0 aromatic carbocycles. The maximum Gasteiger partial charge on any atom is 0.216 e. The molecule has 0 atom stereocenters. The predicted molar refractivity (Wildman–Crippen MR) is 89.3 cm³/mol. The second-order valence-corrected chi connectivity index (χ2v) is 6.93. The molecule has 2 heterocycles. The van der Waals surface area contributed by atoms with E-state index in [0.717, 1.165) is 19.6 Å². The summed E-state index contributed by atoms with van der Waals surface area (Å²) in [4.78, 5) is 15.9.